The molecule has 0 bridgehead atoms. The standard InChI is InChI=1S/C24H21ClN4O2S/c1-16(23(30)28-13-12-17-5-2-3-7-21(17)28)32-24-27-26-22(18-8-10-19(25)11-9-18)29(24)15-20-6-4-14-31-20/h2-11,14,16H,12-13,15H2,1H3. The monoisotopic (exact) mass is 464 g/mol. The van der Waals surface area contributed by atoms with E-state index in [1.54, 1.807) is 6.26 Å². The minimum Gasteiger partial charge on any atom is -0.467 e. The number of hydrogen-bond acceptors (Lipinski definition) is 5. The van der Waals surface area contributed by atoms with E-state index in [2.05, 4.69) is 16.3 Å². The van der Waals surface area contributed by atoms with Crippen molar-refractivity contribution in [1.82, 2.24) is 14.8 Å². The molecule has 1 aliphatic heterocycles. The topological polar surface area (TPSA) is 64.2 Å². The maximum absolute atomic E-state index is 13.3. The van der Waals surface area contributed by atoms with Crippen molar-refractivity contribution < 1.29 is 9.21 Å². The van der Waals surface area contributed by atoms with Crippen LogP contribution in [0.3, 0.4) is 0 Å². The second kappa shape index (κ2) is 8.84. The molecule has 0 N–H and O–H groups in total. The van der Waals surface area contributed by atoms with Gasteiger partial charge in [0.05, 0.1) is 18.1 Å². The van der Waals surface area contributed by atoms with E-state index in [9.17, 15) is 4.79 Å². The summed E-state index contributed by atoms with van der Waals surface area (Å²) >= 11 is 7.47. The highest BCUT2D eigenvalue weighted by atomic mass is 35.5. The normalized spacial score (nSPS) is 13.9. The molecular weight excluding hydrogens is 444 g/mol. The van der Waals surface area contributed by atoms with Crippen LogP contribution in [-0.4, -0.2) is 32.5 Å². The number of amides is 1. The van der Waals surface area contributed by atoms with Gasteiger partial charge >= 0.3 is 0 Å². The summed E-state index contributed by atoms with van der Waals surface area (Å²) in [6, 6.07) is 19.3. The van der Waals surface area contributed by atoms with Crippen molar-refractivity contribution in [3.05, 3.63) is 83.3 Å². The number of carbonyl (C=O) groups is 1. The molecule has 0 spiro atoms. The van der Waals surface area contributed by atoms with Gasteiger partial charge in [-0.15, -0.1) is 10.2 Å². The molecule has 0 saturated heterocycles. The predicted octanol–water partition coefficient (Wildman–Crippen LogP) is 5.31. The minimum atomic E-state index is -0.321. The van der Waals surface area contributed by atoms with Crippen molar-refractivity contribution in [3.8, 4) is 11.4 Å². The number of carbonyl (C=O) groups excluding carboxylic acids is 1. The number of rotatable bonds is 6. The lowest BCUT2D eigenvalue weighted by Crippen LogP contribution is -2.35. The first kappa shape index (κ1) is 20.8. The van der Waals surface area contributed by atoms with Crippen molar-refractivity contribution in [3.63, 3.8) is 0 Å². The molecular formula is C24H21ClN4O2S. The van der Waals surface area contributed by atoms with Gasteiger partial charge in [0.2, 0.25) is 5.91 Å². The molecule has 0 fully saturated rings. The van der Waals surface area contributed by atoms with E-state index in [1.165, 1.54) is 17.3 Å². The summed E-state index contributed by atoms with van der Waals surface area (Å²) in [5, 5.41) is 9.85. The van der Waals surface area contributed by atoms with Gasteiger partial charge in [0.25, 0.3) is 0 Å². The zero-order valence-corrected chi connectivity index (χ0v) is 19.0. The highest BCUT2D eigenvalue weighted by molar-refractivity contribution is 8.00. The SMILES string of the molecule is CC(Sc1nnc(-c2ccc(Cl)cc2)n1Cc1ccco1)C(=O)N1CCc2ccccc21. The molecule has 1 amide bonds. The van der Waals surface area contributed by atoms with Gasteiger partial charge in [-0.05, 0) is 61.4 Å². The van der Waals surface area contributed by atoms with E-state index >= 15 is 0 Å². The maximum Gasteiger partial charge on any atom is 0.240 e. The fourth-order valence-corrected chi connectivity index (χ4v) is 4.92. The third-order valence-electron chi connectivity index (χ3n) is 5.50. The zero-order valence-electron chi connectivity index (χ0n) is 17.4. The summed E-state index contributed by atoms with van der Waals surface area (Å²) in [7, 11) is 0. The number of benzene rings is 2. The van der Waals surface area contributed by atoms with Crippen LogP contribution in [0, 0.1) is 0 Å². The molecule has 2 aromatic heterocycles. The van der Waals surface area contributed by atoms with E-state index in [-0.39, 0.29) is 11.2 Å². The van der Waals surface area contributed by atoms with Crippen LogP contribution >= 0.6 is 23.4 Å². The maximum atomic E-state index is 13.3. The van der Waals surface area contributed by atoms with E-state index in [0.29, 0.717) is 29.1 Å². The van der Waals surface area contributed by atoms with Crippen LogP contribution < -0.4 is 4.90 Å². The number of anilines is 1. The van der Waals surface area contributed by atoms with Crippen molar-refractivity contribution in [1.29, 1.82) is 0 Å². The van der Waals surface area contributed by atoms with Crippen LogP contribution in [0.4, 0.5) is 5.69 Å². The number of para-hydroxylation sites is 1. The lowest BCUT2D eigenvalue weighted by Gasteiger charge is -2.21. The Kier molecular flexibility index (Phi) is 5.76. The Morgan fingerprint density at radius 3 is 2.72 bits per heavy atom. The Hall–Kier alpha value is -3.03. The molecule has 0 saturated carbocycles. The van der Waals surface area contributed by atoms with Gasteiger partial charge in [-0.2, -0.15) is 0 Å². The largest absolute Gasteiger partial charge is 0.467 e. The third-order valence-corrected chi connectivity index (χ3v) is 6.82. The summed E-state index contributed by atoms with van der Waals surface area (Å²) in [6.45, 7) is 3.09. The lowest BCUT2D eigenvalue weighted by atomic mass is 10.2. The summed E-state index contributed by atoms with van der Waals surface area (Å²) in [4.78, 5) is 15.1. The second-order valence-electron chi connectivity index (χ2n) is 7.61. The fraction of sp³-hybridized carbons (Fsp3) is 0.208. The van der Waals surface area contributed by atoms with Gasteiger partial charge < -0.3 is 9.32 Å². The first-order chi connectivity index (χ1) is 15.6. The molecule has 0 aliphatic carbocycles. The number of furan rings is 1. The Balaban J connectivity index is 1.43. The Labute approximate surface area is 195 Å². The molecule has 6 nitrogen and oxygen atoms in total. The summed E-state index contributed by atoms with van der Waals surface area (Å²) in [5.74, 6) is 1.56. The number of fused-ring (bicyclic) bond motifs is 1. The predicted molar refractivity (Wildman–Crippen MR) is 126 cm³/mol. The van der Waals surface area contributed by atoms with E-state index in [1.807, 2.05) is 71.0 Å². The van der Waals surface area contributed by atoms with Gasteiger partial charge in [-0.25, -0.2) is 0 Å². The van der Waals surface area contributed by atoms with Crippen LogP contribution in [0.25, 0.3) is 11.4 Å². The Bertz CT molecular complexity index is 1240. The van der Waals surface area contributed by atoms with Gasteiger partial charge in [-0.1, -0.05) is 41.6 Å². The molecule has 8 heteroatoms. The smallest absolute Gasteiger partial charge is 0.240 e. The third kappa shape index (κ3) is 4.06. The molecule has 1 unspecified atom stereocenters. The van der Waals surface area contributed by atoms with Crippen LogP contribution in [0.5, 0.6) is 0 Å². The van der Waals surface area contributed by atoms with E-state index in [0.717, 1.165) is 23.4 Å². The van der Waals surface area contributed by atoms with E-state index < -0.39 is 0 Å². The van der Waals surface area contributed by atoms with Gasteiger partial charge in [0.1, 0.15) is 5.76 Å². The van der Waals surface area contributed by atoms with Gasteiger partial charge in [0, 0.05) is 22.8 Å². The van der Waals surface area contributed by atoms with Crippen molar-refractivity contribution in [2.75, 3.05) is 11.4 Å². The molecule has 4 aromatic rings. The average molecular weight is 465 g/mol. The van der Waals surface area contributed by atoms with Crippen LogP contribution in [0.1, 0.15) is 18.2 Å². The highest BCUT2D eigenvalue weighted by Crippen LogP contribution is 2.33. The highest BCUT2D eigenvalue weighted by Gasteiger charge is 2.29. The lowest BCUT2D eigenvalue weighted by molar-refractivity contribution is -0.117. The molecule has 0 radical (unpaired) electrons. The molecule has 162 valence electrons. The average Bonchev–Trinajstić information content (AvgIpc) is 3.55. The Morgan fingerprint density at radius 1 is 1.12 bits per heavy atom. The summed E-state index contributed by atoms with van der Waals surface area (Å²) in [6.07, 6.45) is 2.53. The number of aromatic nitrogens is 3. The number of hydrogen-bond donors (Lipinski definition) is 0. The summed E-state index contributed by atoms with van der Waals surface area (Å²) in [5.41, 5.74) is 3.11. The minimum absolute atomic E-state index is 0.0699. The van der Waals surface area contributed by atoms with Crippen molar-refractivity contribution in [2.45, 2.75) is 30.3 Å². The van der Waals surface area contributed by atoms with E-state index in [4.69, 9.17) is 16.0 Å². The fourth-order valence-electron chi connectivity index (χ4n) is 3.88. The van der Waals surface area contributed by atoms with Crippen LogP contribution in [0.2, 0.25) is 5.02 Å². The summed E-state index contributed by atoms with van der Waals surface area (Å²) < 4.78 is 7.54. The number of halogens is 1. The molecule has 32 heavy (non-hydrogen) atoms. The first-order valence-electron chi connectivity index (χ1n) is 10.4. The second-order valence-corrected chi connectivity index (χ2v) is 9.35. The zero-order chi connectivity index (χ0) is 22.1. The van der Waals surface area contributed by atoms with Gasteiger partial charge in [-0.3, -0.25) is 9.36 Å². The quantitative estimate of drug-likeness (QED) is 0.362. The molecule has 1 aliphatic rings. The Morgan fingerprint density at radius 2 is 1.94 bits per heavy atom. The molecule has 1 atom stereocenters. The number of thioether (sulfide) groups is 1. The molecule has 5 rings (SSSR count). The molecule has 3 heterocycles. The van der Waals surface area contributed by atoms with Crippen molar-refractivity contribution >= 4 is 35.0 Å². The van der Waals surface area contributed by atoms with Gasteiger partial charge in [0.15, 0.2) is 11.0 Å². The number of nitrogens with zero attached hydrogens (tertiary/aromatic N) is 4. The van der Waals surface area contributed by atoms with Crippen LogP contribution in [0.15, 0.2) is 76.5 Å². The van der Waals surface area contributed by atoms with Crippen LogP contribution in [-0.2, 0) is 17.8 Å². The van der Waals surface area contributed by atoms with Crippen molar-refractivity contribution in [2.24, 2.45) is 0 Å². The molecule has 2 aromatic carbocycles. The first-order valence-corrected chi connectivity index (χ1v) is 11.6.